The SMILES string of the molecule is CC1(c2ccccc2)C[C]=NO1. The lowest BCUT2D eigenvalue weighted by Crippen LogP contribution is -2.19. The normalized spacial score (nSPS) is 27.1. The third-order valence-electron chi connectivity index (χ3n) is 2.11. The van der Waals surface area contributed by atoms with E-state index in [1.54, 1.807) is 0 Å². The molecule has 0 spiro atoms. The highest BCUT2D eigenvalue weighted by Crippen LogP contribution is 2.31. The van der Waals surface area contributed by atoms with Crippen LogP contribution in [0.2, 0.25) is 0 Å². The molecule has 2 nitrogen and oxygen atoms in total. The van der Waals surface area contributed by atoms with Crippen molar-refractivity contribution >= 4 is 6.21 Å². The van der Waals surface area contributed by atoms with Crippen molar-refractivity contribution in [3.05, 3.63) is 35.9 Å². The first kappa shape index (κ1) is 7.35. The van der Waals surface area contributed by atoms with E-state index < -0.39 is 0 Å². The molecule has 1 heterocycles. The molecule has 1 atom stereocenters. The quantitative estimate of drug-likeness (QED) is 0.617. The predicted molar refractivity (Wildman–Crippen MR) is 46.9 cm³/mol. The highest BCUT2D eigenvalue weighted by molar-refractivity contribution is 5.60. The van der Waals surface area contributed by atoms with Gasteiger partial charge in [-0.25, -0.2) is 0 Å². The Hall–Kier alpha value is -1.31. The summed E-state index contributed by atoms with van der Waals surface area (Å²) in [5, 5.41) is 3.66. The molecule has 1 aliphatic rings. The van der Waals surface area contributed by atoms with E-state index in [0.717, 1.165) is 12.0 Å². The minimum atomic E-state index is -0.290. The van der Waals surface area contributed by atoms with Crippen LogP contribution in [-0.4, -0.2) is 6.21 Å². The minimum Gasteiger partial charge on any atom is -0.384 e. The molecule has 0 fully saturated rings. The Labute approximate surface area is 71.8 Å². The second-order valence-corrected chi connectivity index (χ2v) is 3.11. The maximum absolute atomic E-state index is 5.24. The summed E-state index contributed by atoms with van der Waals surface area (Å²) in [6, 6.07) is 10.1. The Morgan fingerprint density at radius 1 is 1.42 bits per heavy atom. The molecule has 1 aliphatic heterocycles. The fourth-order valence-electron chi connectivity index (χ4n) is 1.29. The maximum Gasteiger partial charge on any atom is 0.165 e. The maximum atomic E-state index is 5.24. The van der Waals surface area contributed by atoms with Crippen LogP contribution in [-0.2, 0) is 10.4 Å². The van der Waals surface area contributed by atoms with E-state index in [9.17, 15) is 0 Å². The fraction of sp³-hybridized carbons (Fsp3) is 0.300. The molecule has 0 bridgehead atoms. The summed E-state index contributed by atoms with van der Waals surface area (Å²) in [5.41, 5.74) is 0.861. The van der Waals surface area contributed by atoms with Crippen molar-refractivity contribution in [1.82, 2.24) is 0 Å². The third-order valence-corrected chi connectivity index (χ3v) is 2.11. The van der Waals surface area contributed by atoms with E-state index in [4.69, 9.17) is 4.84 Å². The van der Waals surface area contributed by atoms with E-state index in [1.165, 1.54) is 0 Å². The van der Waals surface area contributed by atoms with Crippen LogP contribution in [0.15, 0.2) is 35.5 Å². The molecule has 2 rings (SSSR count). The zero-order valence-electron chi connectivity index (χ0n) is 6.95. The van der Waals surface area contributed by atoms with E-state index in [2.05, 4.69) is 11.4 Å². The second kappa shape index (κ2) is 2.63. The number of nitrogens with zero attached hydrogens (tertiary/aromatic N) is 1. The van der Waals surface area contributed by atoms with Gasteiger partial charge in [-0.15, -0.1) is 0 Å². The molecule has 0 aliphatic carbocycles. The topological polar surface area (TPSA) is 21.6 Å². The van der Waals surface area contributed by atoms with Gasteiger partial charge in [-0.3, -0.25) is 0 Å². The van der Waals surface area contributed by atoms with Gasteiger partial charge in [-0.05, 0) is 12.5 Å². The Balaban J connectivity index is 2.31. The highest BCUT2D eigenvalue weighted by atomic mass is 16.7. The average Bonchev–Trinajstić information content (AvgIpc) is 2.55. The first-order valence-corrected chi connectivity index (χ1v) is 3.98. The largest absolute Gasteiger partial charge is 0.384 e. The lowest BCUT2D eigenvalue weighted by atomic mass is 9.94. The van der Waals surface area contributed by atoms with Gasteiger partial charge < -0.3 is 4.84 Å². The summed E-state index contributed by atoms with van der Waals surface area (Å²) in [4.78, 5) is 5.24. The Bertz CT molecular complexity index is 284. The van der Waals surface area contributed by atoms with Gasteiger partial charge in [-0.2, -0.15) is 0 Å². The van der Waals surface area contributed by atoms with Gasteiger partial charge in [0.25, 0.3) is 0 Å². The molecule has 12 heavy (non-hydrogen) atoms. The smallest absolute Gasteiger partial charge is 0.165 e. The number of hydrogen-bond acceptors (Lipinski definition) is 2. The van der Waals surface area contributed by atoms with E-state index in [-0.39, 0.29) is 5.60 Å². The number of rotatable bonds is 1. The molecular formula is C10H10NO. The highest BCUT2D eigenvalue weighted by Gasteiger charge is 2.31. The molecule has 1 aromatic rings. The van der Waals surface area contributed by atoms with Crippen LogP contribution in [0.25, 0.3) is 0 Å². The Morgan fingerprint density at radius 3 is 2.75 bits per heavy atom. The monoisotopic (exact) mass is 160 g/mol. The molecule has 2 heteroatoms. The van der Waals surface area contributed by atoms with Crippen LogP contribution in [0.5, 0.6) is 0 Å². The van der Waals surface area contributed by atoms with Gasteiger partial charge in [0.05, 0.1) is 0 Å². The number of benzene rings is 1. The van der Waals surface area contributed by atoms with Crippen molar-refractivity contribution in [2.24, 2.45) is 5.16 Å². The molecule has 0 saturated carbocycles. The molecule has 0 amide bonds. The third kappa shape index (κ3) is 1.09. The summed E-state index contributed by atoms with van der Waals surface area (Å²) >= 11 is 0. The van der Waals surface area contributed by atoms with Crippen LogP contribution in [0.3, 0.4) is 0 Å². The molecule has 1 aromatic carbocycles. The molecule has 1 unspecified atom stereocenters. The summed E-state index contributed by atoms with van der Waals surface area (Å²) in [6.45, 7) is 2.02. The Morgan fingerprint density at radius 2 is 2.17 bits per heavy atom. The lowest BCUT2D eigenvalue weighted by molar-refractivity contribution is -0.00738. The first-order valence-electron chi connectivity index (χ1n) is 3.98. The van der Waals surface area contributed by atoms with Crippen LogP contribution in [0, 0.1) is 0 Å². The van der Waals surface area contributed by atoms with Crippen molar-refractivity contribution in [3.8, 4) is 0 Å². The van der Waals surface area contributed by atoms with E-state index in [0.29, 0.717) is 0 Å². The summed E-state index contributed by atoms with van der Waals surface area (Å²) in [6.07, 6.45) is 3.55. The molecule has 0 saturated heterocycles. The summed E-state index contributed by atoms with van der Waals surface area (Å²) in [7, 11) is 0. The second-order valence-electron chi connectivity index (χ2n) is 3.11. The fourth-order valence-corrected chi connectivity index (χ4v) is 1.29. The van der Waals surface area contributed by atoms with Crippen LogP contribution in [0.1, 0.15) is 18.9 Å². The van der Waals surface area contributed by atoms with Gasteiger partial charge in [-0.1, -0.05) is 35.5 Å². The standard InChI is InChI=1S/C10H10NO/c1-10(7-8-11-12-10)9-5-3-2-4-6-9/h2-6H,7H2,1H3. The van der Waals surface area contributed by atoms with Crippen LogP contribution >= 0.6 is 0 Å². The van der Waals surface area contributed by atoms with Crippen LogP contribution in [0.4, 0.5) is 0 Å². The molecular weight excluding hydrogens is 150 g/mol. The van der Waals surface area contributed by atoms with Gasteiger partial charge in [0, 0.05) is 6.42 Å². The van der Waals surface area contributed by atoms with Crippen molar-refractivity contribution in [2.45, 2.75) is 18.9 Å². The van der Waals surface area contributed by atoms with Crippen molar-refractivity contribution in [3.63, 3.8) is 0 Å². The summed E-state index contributed by atoms with van der Waals surface area (Å²) < 4.78 is 0. The molecule has 1 radical (unpaired) electrons. The zero-order chi connectivity index (χ0) is 8.44. The minimum absolute atomic E-state index is 0.290. The first-order chi connectivity index (χ1) is 5.81. The van der Waals surface area contributed by atoms with Crippen LogP contribution < -0.4 is 0 Å². The molecule has 0 aromatic heterocycles. The molecule has 61 valence electrons. The van der Waals surface area contributed by atoms with Crippen molar-refractivity contribution in [2.75, 3.05) is 0 Å². The average molecular weight is 160 g/mol. The predicted octanol–water partition coefficient (Wildman–Crippen LogP) is 2.18. The number of hydrogen-bond donors (Lipinski definition) is 0. The lowest BCUT2D eigenvalue weighted by Gasteiger charge is -2.20. The van der Waals surface area contributed by atoms with Gasteiger partial charge in [0.2, 0.25) is 0 Å². The summed E-state index contributed by atoms with van der Waals surface area (Å²) in [5.74, 6) is 0. The van der Waals surface area contributed by atoms with Crippen molar-refractivity contribution < 1.29 is 4.84 Å². The molecule has 0 N–H and O–H groups in total. The van der Waals surface area contributed by atoms with Gasteiger partial charge >= 0.3 is 0 Å². The van der Waals surface area contributed by atoms with Gasteiger partial charge in [0.1, 0.15) is 6.21 Å². The Kier molecular flexibility index (Phi) is 1.61. The zero-order valence-corrected chi connectivity index (χ0v) is 6.95. The van der Waals surface area contributed by atoms with E-state index in [1.807, 2.05) is 37.3 Å². The van der Waals surface area contributed by atoms with Gasteiger partial charge in [0.15, 0.2) is 5.60 Å². The van der Waals surface area contributed by atoms with E-state index >= 15 is 0 Å². The van der Waals surface area contributed by atoms with Crippen molar-refractivity contribution in [1.29, 1.82) is 0 Å².